The monoisotopic (exact) mass is 1200 g/mol. The van der Waals surface area contributed by atoms with Crippen LogP contribution >= 0.6 is 7.82 Å². The van der Waals surface area contributed by atoms with Crippen LogP contribution in [0.5, 0.6) is 0 Å². The molecule has 0 aromatic carbocycles. The van der Waals surface area contributed by atoms with Crippen molar-refractivity contribution in [3.05, 3.63) is 36.5 Å². The topological polar surface area (TPSA) is 111 Å². The number of esters is 1. The number of carbonyl (C=O) groups is 2. The van der Waals surface area contributed by atoms with Gasteiger partial charge in [-0.2, -0.15) is 0 Å². The van der Waals surface area contributed by atoms with Gasteiger partial charge in [0.15, 0.2) is 0 Å². The quantitative estimate of drug-likeness (QED) is 0.0205. The van der Waals surface area contributed by atoms with Gasteiger partial charge in [0, 0.05) is 12.8 Å². The summed E-state index contributed by atoms with van der Waals surface area (Å²) in [5.74, 6) is -0.482. The molecule has 0 aliphatic carbocycles. The third-order valence-electron chi connectivity index (χ3n) is 16.8. The highest BCUT2D eigenvalue weighted by atomic mass is 31.2. The van der Waals surface area contributed by atoms with Crippen LogP contribution in [-0.4, -0.2) is 74.3 Å². The van der Waals surface area contributed by atoms with Gasteiger partial charge >= 0.3 is 13.8 Å². The van der Waals surface area contributed by atoms with E-state index in [1.54, 1.807) is 0 Å². The number of amides is 1. The van der Waals surface area contributed by atoms with E-state index in [2.05, 4.69) is 56.5 Å². The molecule has 0 aromatic heterocycles. The lowest BCUT2D eigenvalue weighted by molar-refractivity contribution is -0.870. The van der Waals surface area contributed by atoms with Crippen LogP contribution in [0, 0.1) is 0 Å². The number of carbonyl (C=O) groups excluding carboxylic acids is 2. The molecule has 0 aromatic rings. The number of hydrogen-bond acceptors (Lipinski definition) is 6. The van der Waals surface area contributed by atoms with Crippen LogP contribution in [0.2, 0.25) is 0 Å². The van der Waals surface area contributed by atoms with Gasteiger partial charge in [-0.1, -0.05) is 334 Å². The van der Waals surface area contributed by atoms with E-state index >= 15 is 0 Å². The zero-order chi connectivity index (χ0) is 61.4. The Bertz CT molecular complexity index is 1530. The Kier molecular flexibility index (Phi) is 62.9. The largest absolute Gasteiger partial charge is 0.472 e. The minimum absolute atomic E-state index is 0.0439. The summed E-state index contributed by atoms with van der Waals surface area (Å²) >= 11 is 0. The zero-order valence-electron chi connectivity index (χ0n) is 56.9. The minimum atomic E-state index is -4.45. The van der Waals surface area contributed by atoms with Crippen molar-refractivity contribution in [3.63, 3.8) is 0 Å². The van der Waals surface area contributed by atoms with Crippen LogP contribution in [-0.2, 0) is 27.9 Å². The van der Waals surface area contributed by atoms with Gasteiger partial charge < -0.3 is 19.4 Å². The van der Waals surface area contributed by atoms with Crippen LogP contribution in [0.25, 0.3) is 0 Å². The Balaban J connectivity index is 4.96. The Morgan fingerprint density at radius 1 is 0.417 bits per heavy atom. The first-order chi connectivity index (χ1) is 40.9. The molecule has 3 atom stereocenters. The average Bonchev–Trinajstić information content (AvgIpc) is 3.64. The van der Waals surface area contributed by atoms with Crippen LogP contribution in [0.3, 0.4) is 0 Å². The summed E-state index contributed by atoms with van der Waals surface area (Å²) in [4.78, 5) is 37.9. The Morgan fingerprint density at radius 3 is 1.10 bits per heavy atom. The van der Waals surface area contributed by atoms with E-state index in [1.165, 1.54) is 276 Å². The lowest BCUT2D eigenvalue weighted by Gasteiger charge is -2.27. The summed E-state index contributed by atoms with van der Waals surface area (Å²) in [7, 11) is 1.52. The van der Waals surface area contributed by atoms with Crippen molar-refractivity contribution in [2.45, 2.75) is 386 Å². The van der Waals surface area contributed by atoms with Crippen LogP contribution in [0.15, 0.2) is 36.5 Å². The summed E-state index contributed by atoms with van der Waals surface area (Å²) < 4.78 is 30.9. The van der Waals surface area contributed by atoms with Gasteiger partial charge in [-0.25, -0.2) is 4.57 Å². The smallest absolute Gasteiger partial charge is 0.456 e. The van der Waals surface area contributed by atoms with Gasteiger partial charge in [-0.15, -0.1) is 0 Å². The van der Waals surface area contributed by atoms with E-state index in [9.17, 15) is 19.0 Å². The Hall–Kier alpha value is -1.77. The summed E-state index contributed by atoms with van der Waals surface area (Å²) in [6.45, 7) is 7.06. The van der Waals surface area contributed by atoms with Gasteiger partial charge in [0.2, 0.25) is 5.91 Å². The SMILES string of the molecule is CCCCC/C=C\C/C=C\CCCCCCCCCCCCCCCCCCCC(=O)NC(COP(=O)(O)OCC[N+](C)(C)C)C(/C=C\CCCCCCCCCCCC)OC(=O)CCCCCCCCCCCCCCCCCCCCC. The molecule has 9 nitrogen and oxygen atoms in total. The number of unbranched alkanes of at least 4 members (excludes halogenated alkanes) is 48. The third kappa shape index (κ3) is 64.7. The molecule has 3 unspecified atom stereocenters. The van der Waals surface area contributed by atoms with Gasteiger partial charge in [-0.3, -0.25) is 18.6 Å². The number of likely N-dealkylation sites (N-methyl/N-ethyl adjacent to an activating group) is 1. The number of nitrogens with one attached hydrogen (secondary N) is 1. The lowest BCUT2D eigenvalue weighted by atomic mass is 10.0. The van der Waals surface area contributed by atoms with Crippen molar-refractivity contribution in [1.82, 2.24) is 5.32 Å². The lowest BCUT2D eigenvalue weighted by Crippen LogP contribution is -2.47. The van der Waals surface area contributed by atoms with Gasteiger partial charge in [0.05, 0.1) is 33.8 Å². The number of phosphoric acid groups is 1. The summed E-state index contributed by atoms with van der Waals surface area (Å²) in [5, 5.41) is 3.08. The molecule has 0 aliphatic rings. The van der Waals surface area contributed by atoms with E-state index in [0.717, 1.165) is 64.2 Å². The summed E-state index contributed by atoms with van der Waals surface area (Å²) in [6.07, 6.45) is 80.2. The Morgan fingerprint density at radius 2 is 0.726 bits per heavy atom. The van der Waals surface area contributed by atoms with E-state index in [4.69, 9.17) is 13.8 Å². The fourth-order valence-electron chi connectivity index (χ4n) is 11.2. The highest BCUT2D eigenvalue weighted by Crippen LogP contribution is 2.43. The number of phosphoric ester groups is 1. The predicted molar refractivity (Wildman–Crippen MR) is 365 cm³/mol. The van der Waals surface area contributed by atoms with Crippen molar-refractivity contribution in [2.75, 3.05) is 40.9 Å². The summed E-state index contributed by atoms with van der Waals surface area (Å²) in [6, 6.07) is -0.844. The Labute approximate surface area is 523 Å². The molecule has 0 saturated heterocycles. The number of ether oxygens (including phenoxy) is 1. The second-order valence-electron chi connectivity index (χ2n) is 26.5. The molecule has 84 heavy (non-hydrogen) atoms. The first-order valence-electron chi connectivity index (χ1n) is 36.8. The molecular formula is C74H144N2O7P+. The molecule has 0 radical (unpaired) electrons. The van der Waals surface area contributed by atoms with Crippen LogP contribution < -0.4 is 5.32 Å². The fraction of sp³-hybridized carbons (Fsp3) is 0.892. The predicted octanol–water partition coefficient (Wildman–Crippen LogP) is 23.4. The first-order valence-corrected chi connectivity index (χ1v) is 38.3. The molecule has 1 amide bonds. The average molecular weight is 1200 g/mol. The highest BCUT2D eigenvalue weighted by Gasteiger charge is 2.30. The highest BCUT2D eigenvalue weighted by molar-refractivity contribution is 7.47. The number of hydrogen-bond donors (Lipinski definition) is 2. The molecule has 0 rings (SSSR count). The molecule has 0 bridgehead atoms. The van der Waals surface area contributed by atoms with Gasteiger partial charge in [-0.05, 0) is 63.9 Å². The standard InChI is InChI=1S/C74H143N2O7P/c1-7-10-13-16-19-22-25-28-30-32-34-35-36-37-38-39-40-41-43-44-46-48-51-54-57-60-63-66-73(77)75-71(70-82-84(79,80)81-69-68-76(4,5)6)72(65-62-59-56-53-50-27-24-21-18-15-12-9-3)83-74(78)67-64-61-58-55-52-49-47-45-42-33-31-29-26-23-20-17-14-11-8-2/h19,22,28,30,62,65,71-72H,7-18,20-21,23-27,29,31-61,63-64,66-70H2,1-6H3,(H-,75,77,79,80)/p+1/b22-19-,30-28-,65-62-. The maximum absolute atomic E-state index is 13.6. The molecule has 0 spiro atoms. The molecule has 0 aliphatic heterocycles. The van der Waals surface area contributed by atoms with Crippen molar-refractivity contribution in [2.24, 2.45) is 0 Å². The molecule has 10 heteroatoms. The second-order valence-corrected chi connectivity index (χ2v) is 27.9. The van der Waals surface area contributed by atoms with Crippen molar-refractivity contribution < 1.29 is 37.3 Å². The zero-order valence-corrected chi connectivity index (χ0v) is 57.8. The summed E-state index contributed by atoms with van der Waals surface area (Å²) in [5.41, 5.74) is 0. The second kappa shape index (κ2) is 64.2. The number of rotatable bonds is 68. The third-order valence-corrected chi connectivity index (χ3v) is 17.8. The molecular weight excluding hydrogens is 1060 g/mol. The molecule has 496 valence electrons. The van der Waals surface area contributed by atoms with Gasteiger partial charge in [0.1, 0.15) is 19.3 Å². The van der Waals surface area contributed by atoms with E-state index in [0.29, 0.717) is 23.9 Å². The maximum atomic E-state index is 13.6. The van der Waals surface area contributed by atoms with E-state index in [1.807, 2.05) is 27.2 Å². The molecule has 0 fully saturated rings. The van der Waals surface area contributed by atoms with Gasteiger partial charge in [0.25, 0.3) is 0 Å². The number of quaternary nitrogens is 1. The normalized spacial score (nSPS) is 13.7. The van der Waals surface area contributed by atoms with Crippen molar-refractivity contribution in [3.8, 4) is 0 Å². The maximum Gasteiger partial charge on any atom is 0.472 e. The number of nitrogens with zero attached hydrogens (tertiary/aromatic N) is 1. The van der Waals surface area contributed by atoms with E-state index < -0.39 is 20.0 Å². The molecule has 0 saturated carbocycles. The van der Waals surface area contributed by atoms with Crippen LogP contribution in [0.4, 0.5) is 0 Å². The molecule has 0 heterocycles. The molecule has 2 N–H and O–H groups in total. The fourth-order valence-corrected chi connectivity index (χ4v) is 11.9. The van der Waals surface area contributed by atoms with Crippen LogP contribution in [0.1, 0.15) is 374 Å². The van der Waals surface area contributed by atoms with E-state index in [-0.39, 0.29) is 25.1 Å². The van der Waals surface area contributed by atoms with Crippen molar-refractivity contribution in [1.29, 1.82) is 0 Å². The van der Waals surface area contributed by atoms with Crippen molar-refractivity contribution >= 4 is 19.7 Å². The minimum Gasteiger partial charge on any atom is -0.456 e. The number of allylic oxidation sites excluding steroid dienone is 5. The first kappa shape index (κ1) is 82.2.